The Balaban J connectivity index is 2.15. The van der Waals surface area contributed by atoms with Gasteiger partial charge in [-0.15, -0.1) is 0 Å². The third-order valence-corrected chi connectivity index (χ3v) is 4.17. The minimum atomic E-state index is -0.471. The first-order valence-corrected chi connectivity index (χ1v) is 7.36. The van der Waals surface area contributed by atoms with E-state index in [1.54, 1.807) is 0 Å². The van der Waals surface area contributed by atoms with Gasteiger partial charge in [-0.3, -0.25) is 0 Å². The Kier molecular flexibility index (Phi) is 4.47. The monoisotopic (exact) mass is 305 g/mol. The molecule has 6 heteroatoms. The van der Waals surface area contributed by atoms with E-state index in [0.29, 0.717) is 17.1 Å². The van der Waals surface area contributed by atoms with E-state index in [-0.39, 0.29) is 11.2 Å². The van der Waals surface area contributed by atoms with E-state index < -0.39 is 5.97 Å². The SMILES string of the molecule is COC(=O)c1c(N)nsc1NCC(C)(C)c1ccccc1. The molecule has 1 aromatic carbocycles. The van der Waals surface area contributed by atoms with Gasteiger partial charge >= 0.3 is 5.97 Å². The van der Waals surface area contributed by atoms with Gasteiger partial charge in [0.25, 0.3) is 0 Å². The second kappa shape index (κ2) is 6.13. The van der Waals surface area contributed by atoms with Gasteiger partial charge in [-0.05, 0) is 17.1 Å². The second-order valence-electron chi connectivity index (χ2n) is 5.37. The number of carbonyl (C=O) groups is 1. The van der Waals surface area contributed by atoms with Gasteiger partial charge < -0.3 is 15.8 Å². The fourth-order valence-electron chi connectivity index (χ4n) is 2.02. The molecule has 21 heavy (non-hydrogen) atoms. The predicted molar refractivity (Wildman–Crippen MR) is 85.8 cm³/mol. The molecule has 0 amide bonds. The maximum atomic E-state index is 11.7. The molecule has 0 bridgehead atoms. The summed E-state index contributed by atoms with van der Waals surface area (Å²) in [7, 11) is 1.33. The van der Waals surface area contributed by atoms with E-state index >= 15 is 0 Å². The van der Waals surface area contributed by atoms with Crippen LogP contribution in [0.5, 0.6) is 0 Å². The normalized spacial score (nSPS) is 11.2. The van der Waals surface area contributed by atoms with Gasteiger partial charge in [0.1, 0.15) is 10.6 Å². The van der Waals surface area contributed by atoms with Crippen molar-refractivity contribution in [2.24, 2.45) is 0 Å². The average molecular weight is 305 g/mol. The molecule has 0 atom stereocenters. The van der Waals surface area contributed by atoms with Crippen LogP contribution in [-0.4, -0.2) is 24.0 Å². The maximum Gasteiger partial charge on any atom is 0.344 e. The number of rotatable bonds is 5. The standard InChI is InChI=1S/C15H19N3O2S/c1-15(2,10-7-5-4-6-8-10)9-17-13-11(14(19)20-3)12(16)18-21-13/h4-8,17H,9H2,1-3H3,(H2,16,18). The Bertz CT molecular complexity index is 623. The largest absolute Gasteiger partial charge is 0.465 e. The van der Waals surface area contributed by atoms with E-state index in [1.165, 1.54) is 24.2 Å². The lowest BCUT2D eigenvalue weighted by Crippen LogP contribution is -2.27. The highest BCUT2D eigenvalue weighted by Gasteiger charge is 2.24. The third kappa shape index (κ3) is 3.33. The van der Waals surface area contributed by atoms with E-state index in [0.717, 1.165) is 0 Å². The smallest absolute Gasteiger partial charge is 0.344 e. The molecule has 1 aromatic heterocycles. The summed E-state index contributed by atoms with van der Waals surface area (Å²) in [6.07, 6.45) is 0. The number of nitrogens with one attached hydrogen (secondary N) is 1. The molecule has 0 fully saturated rings. The molecule has 112 valence electrons. The van der Waals surface area contributed by atoms with Crippen LogP contribution in [0.25, 0.3) is 0 Å². The number of ether oxygens (including phenoxy) is 1. The van der Waals surface area contributed by atoms with Crippen molar-refractivity contribution in [3.8, 4) is 0 Å². The summed E-state index contributed by atoms with van der Waals surface area (Å²) in [5.74, 6) is -0.270. The van der Waals surface area contributed by atoms with Gasteiger partial charge in [0.2, 0.25) is 0 Å². The molecule has 0 saturated heterocycles. The van der Waals surface area contributed by atoms with Crippen molar-refractivity contribution in [1.82, 2.24) is 4.37 Å². The predicted octanol–water partition coefficient (Wildman–Crippen LogP) is 2.90. The summed E-state index contributed by atoms with van der Waals surface area (Å²) in [6, 6.07) is 10.2. The van der Waals surface area contributed by atoms with Crippen LogP contribution < -0.4 is 11.1 Å². The Morgan fingerprint density at radius 2 is 2.05 bits per heavy atom. The van der Waals surface area contributed by atoms with E-state index in [9.17, 15) is 4.79 Å². The number of nitrogens with two attached hydrogens (primary N) is 1. The number of benzene rings is 1. The molecule has 0 unspecified atom stereocenters. The number of esters is 1. The quantitative estimate of drug-likeness (QED) is 0.831. The number of hydrogen-bond donors (Lipinski definition) is 2. The molecule has 3 N–H and O–H groups in total. The van der Waals surface area contributed by atoms with Gasteiger partial charge in [-0.1, -0.05) is 44.2 Å². The minimum Gasteiger partial charge on any atom is -0.465 e. The molecule has 0 aliphatic carbocycles. The van der Waals surface area contributed by atoms with Crippen LogP contribution in [0.1, 0.15) is 29.8 Å². The van der Waals surface area contributed by atoms with Crippen molar-refractivity contribution in [1.29, 1.82) is 0 Å². The number of methoxy groups -OCH3 is 1. The maximum absolute atomic E-state index is 11.7. The zero-order valence-electron chi connectivity index (χ0n) is 12.3. The van der Waals surface area contributed by atoms with Crippen molar-refractivity contribution in [2.45, 2.75) is 19.3 Å². The second-order valence-corrected chi connectivity index (χ2v) is 6.14. The lowest BCUT2D eigenvalue weighted by atomic mass is 9.85. The van der Waals surface area contributed by atoms with Gasteiger partial charge in [0, 0.05) is 12.0 Å². The molecule has 0 aliphatic heterocycles. The molecule has 5 nitrogen and oxygen atoms in total. The first-order valence-electron chi connectivity index (χ1n) is 6.58. The van der Waals surface area contributed by atoms with Crippen LogP contribution in [-0.2, 0) is 10.2 Å². The van der Waals surface area contributed by atoms with Crippen LogP contribution >= 0.6 is 11.5 Å². The summed E-state index contributed by atoms with van der Waals surface area (Å²) in [6.45, 7) is 4.93. The number of nitrogens with zero attached hydrogens (tertiary/aromatic N) is 1. The molecular weight excluding hydrogens is 286 g/mol. The van der Waals surface area contributed by atoms with Crippen molar-refractivity contribution in [3.63, 3.8) is 0 Å². The molecule has 0 radical (unpaired) electrons. The van der Waals surface area contributed by atoms with Crippen LogP contribution in [0.2, 0.25) is 0 Å². The highest BCUT2D eigenvalue weighted by atomic mass is 32.1. The van der Waals surface area contributed by atoms with E-state index in [1.807, 2.05) is 18.2 Å². The number of aromatic nitrogens is 1. The Hall–Kier alpha value is -2.08. The minimum absolute atomic E-state index is 0.0899. The summed E-state index contributed by atoms with van der Waals surface area (Å²) in [5.41, 5.74) is 7.17. The summed E-state index contributed by atoms with van der Waals surface area (Å²) in [5, 5.41) is 3.91. The zero-order chi connectivity index (χ0) is 15.5. The highest BCUT2D eigenvalue weighted by Crippen LogP contribution is 2.30. The Morgan fingerprint density at radius 3 is 2.67 bits per heavy atom. The number of nitrogen functional groups attached to an aromatic ring is 1. The summed E-state index contributed by atoms with van der Waals surface area (Å²) < 4.78 is 8.76. The molecular formula is C15H19N3O2S. The van der Waals surface area contributed by atoms with Crippen molar-refractivity contribution in [3.05, 3.63) is 41.5 Å². The number of hydrogen-bond acceptors (Lipinski definition) is 6. The fourth-order valence-corrected chi connectivity index (χ4v) is 2.71. The first kappa shape index (κ1) is 15.3. The van der Waals surface area contributed by atoms with Crippen LogP contribution in [0.3, 0.4) is 0 Å². The third-order valence-electron chi connectivity index (χ3n) is 3.35. The lowest BCUT2D eigenvalue weighted by Gasteiger charge is -2.25. The Morgan fingerprint density at radius 1 is 1.38 bits per heavy atom. The molecule has 0 saturated carbocycles. The highest BCUT2D eigenvalue weighted by molar-refractivity contribution is 7.11. The number of anilines is 2. The van der Waals surface area contributed by atoms with E-state index in [2.05, 4.69) is 35.7 Å². The molecule has 2 aromatic rings. The number of carbonyl (C=O) groups excluding carboxylic acids is 1. The van der Waals surface area contributed by atoms with Crippen LogP contribution in [0.4, 0.5) is 10.8 Å². The van der Waals surface area contributed by atoms with E-state index in [4.69, 9.17) is 10.5 Å². The molecule has 1 heterocycles. The first-order chi connectivity index (χ1) is 9.95. The zero-order valence-corrected chi connectivity index (χ0v) is 13.2. The molecule has 0 spiro atoms. The van der Waals surface area contributed by atoms with Crippen LogP contribution in [0, 0.1) is 0 Å². The summed E-state index contributed by atoms with van der Waals surface area (Å²) in [4.78, 5) is 11.7. The molecule has 0 aliphatic rings. The van der Waals surface area contributed by atoms with Crippen LogP contribution in [0.15, 0.2) is 30.3 Å². The molecule has 2 rings (SSSR count). The average Bonchev–Trinajstić information content (AvgIpc) is 2.86. The van der Waals surface area contributed by atoms with Crippen molar-refractivity contribution >= 4 is 28.3 Å². The Labute approximate surface area is 128 Å². The van der Waals surface area contributed by atoms with Gasteiger partial charge in [0.15, 0.2) is 5.82 Å². The van der Waals surface area contributed by atoms with Crippen molar-refractivity contribution < 1.29 is 9.53 Å². The van der Waals surface area contributed by atoms with Gasteiger partial charge in [0.05, 0.1) is 7.11 Å². The summed E-state index contributed by atoms with van der Waals surface area (Å²) >= 11 is 1.17. The topological polar surface area (TPSA) is 77.2 Å². The van der Waals surface area contributed by atoms with Gasteiger partial charge in [-0.2, -0.15) is 4.37 Å². The fraction of sp³-hybridized carbons (Fsp3) is 0.333. The lowest BCUT2D eigenvalue weighted by molar-refractivity contribution is 0.0603. The van der Waals surface area contributed by atoms with Crippen molar-refractivity contribution in [2.75, 3.05) is 24.7 Å². The van der Waals surface area contributed by atoms with Gasteiger partial charge in [-0.25, -0.2) is 4.79 Å².